The lowest BCUT2D eigenvalue weighted by molar-refractivity contribution is -0.116. The summed E-state index contributed by atoms with van der Waals surface area (Å²) in [6.45, 7) is 6.42. The first-order valence-corrected chi connectivity index (χ1v) is 11.0. The van der Waals surface area contributed by atoms with Gasteiger partial charge in [0, 0.05) is 57.4 Å². The van der Waals surface area contributed by atoms with Crippen LogP contribution in [0.1, 0.15) is 28.4 Å². The molecule has 5 nitrogen and oxygen atoms in total. The minimum absolute atomic E-state index is 0.0557. The van der Waals surface area contributed by atoms with Crippen LogP contribution in [0.25, 0.3) is 10.8 Å². The second kappa shape index (κ2) is 8.16. The van der Waals surface area contributed by atoms with E-state index in [2.05, 4.69) is 47.4 Å². The van der Waals surface area contributed by atoms with E-state index in [1.807, 2.05) is 23.1 Å². The van der Waals surface area contributed by atoms with Crippen LogP contribution in [-0.4, -0.2) is 54.3 Å². The van der Waals surface area contributed by atoms with Crippen molar-refractivity contribution in [2.45, 2.75) is 19.9 Å². The Labute approximate surface area is 182 Å². The van der Waals surface area contributed by atoms with Crippen molar-refractivity contribution in [3.63, 3.8) is 0 Å². The van der Waals surface area contributed by atoms with E-state index in [0.29, 0.717) is 6.54 Å². The van der Waals surface area contributed by atoms with E-state index >= 15 is 0 Å². The normalized spacial score (nSPS) is 16.5. The SMILES string of the molecule is CC(=O)N1CCc2cc(C(=O)N3CCN(Cc4cccc5ccccc45)CC3)ccc21. The Balaban J connectivity index is 1.24. The molecule has 0 bridgehead atoms. The van der Waals surface area contributed by atoms with Crippen molar-refractivity contribution in [1.29, 1.82) is 0 Å². The highest BCUT2D eigenvalue weighted by Crippen LogP contribution is 2.29. The second-order valence-electron chi connectivity index (χ2n) is 8.47. The van der Waals surface area contributed by atoms with E-state index in [9.17, 15) is 9.59 Å². The van der Waals surface area contributed by atoms with Gasteiger partial charge in [0.1, 0.15) is 0 Å². The maximum atomic E-state index is 13.1. The number of nitrogens with zero attached hydrogens (tertiary/aromatic N) is 3. The van der Waals surface area contributed by atoms with Crippen LogP contribution < -0.4 is 4.90 Å². The molecule has 0 N–H and O–H groups in total. The Morgan fingerprint density at radius 3 is 2.45 bits per heavy atom. The molecule has 0 spiro atoms. The number of fused-ring (bicyclic) bond motifs is 2. The van der Waals surface area contributed by atoms with Crippen molar-refractivity contribution in [2.24, 2.45) is 0 Å². The fraction of sp³-hybridized carbons (Fsp3) is 0.308. The van der Waals surface area contributed by atoms with Gasteiger partial charge >= 0.3 is 0 Å². The first-order valence-electron chi connectivity index (χ1n) is 11.0. The van der Waals surface area contributed by atoms with Gasteiger partial charge in [-0.3, -0.25) is 14.5 Å². The quantitative estimate of drug-likeness (QED) is 0.658. The third-order valence-electron chi connectivity index (χ3n) is 6.54. The fourth-order valence-electron chi connectivity index (χ4n) is 4.82. The standard InChI is InChI=1S/C26H27N3O2/c1-19(30)29-12-11-21-17-22(9-10-25(21)29)26(31)28-15-13-27(14-16-28)18-23-7-4-6-20-5-2-3-8-24(20)23/h2-10,17H,11-16,18H2,1H3. The molecule has 158 valence electrons. The molecule has 3 aromatic rings. The van der Waals surface area contributed by atoms with Gasteiger partial charge in [-0.1, -0.05) is 42.5 Å². The van der Waals surface area contributed by atoms with Gasteiger partial charge < -0.3 is 9.80 Å². The first-order chi connectivity index (χ1) is 15.1. The van der Waals surface area contributed by atoms with Crippen molar-refractivity contribution in [3.8, 4) is 0 Å². The zero-order valence-corrected chi connectivity index (χ0v) is 17.9. The van der Waals surface area contributed by atoms with Gasteiger partial charge in [-0.2, -0.15) is 0 Å². The Hall–Kier alpha value is -3.18. The van der Waals surface area contributed by atoms with E-state index in [1.165, 1.54) is 16.3 Å². The van der Waals surface area contributed by atoms with Gasteiger partial charge in [0.2, 0.25) is 5.91 Å². The molecule has 2 aliphatic heterocycles. The maximum absolute atomic E-state index is 13.1. The molecule has 0 radical (unpaired) electrons. The van der Waals surface area contributed by atoms with Gasteiger partial charge in [0.15, 0.2) is 0 Å². The van der Waals surface area contributed by atoms with Crippen molar-refractivity contribution in [1.82, 2.24) is 9.80 Å². The maximum Gasteiger partial charge on any atom is 0.253 e. The molecule has 0 aromatic heterocycles. The summed E-state index contributed by atoms with van der Waals surface area (Å²) in [5, 5.41) is 2.58. The molecule has 3 aromatic carbocycles. The molecule has 0 saturated carbocycles. The van der Waals surface area contributed by atoms with Crippen molar-refractivity contribution in [2.75, 3.05) is 37.6 Å². The molecule has 31 heavy (non-hydrogen) atoms. The largest absolute Gasteiger partial charge is 0.336 e. The molecule has 1 fully saturated rings. The molecule has 0 atom stereocenters. The number of piperazine rings is 1. The summed E-state index contributed by atoms with van der Waals surface area (Å²) in [4.78, 5) is 31.0. The van der Waals surface area contributed by atoms with E-state index in [-0.39, 0.29) is 11.8 Å². The zero-order valence-electron chi connectivity index (χ0n) is 17.9. The highest BCUT2D eigenvalue weighted by molar-refractivity contribution is 5.98. The van der Waals surface area contributed by atoms with Crippen molar-refractivity contribution < 1.29 is 9.59 Å². The summed E-state index contributed by atoms with van der Waals surface area (Å²) < 4.78 is 0. The van der Waals surface area contributed by atoms with E-state index in [0.717, 1.165) is 56.0 Å². The van der Waals surface area contributed by atoms with Gasteiger partial charge in [0.05, 0.1) is 0 Å². The number of hydrogen-bond donors (Lipinski definition) is 0. The Morgan fingerprint density at radius 1 is 0.871 bits per heavy atom. The number of hydrogen-bond acceptors (Lipinski definition) is 3. The lowest BCUT2D eigenvalue weighted by atomic mass is 10.0. The third kappa shape index (κ3) is 3.81. The number of carbonyl (C=O) groups excluding carboxylic acids is 2. The monoisotopic (exact) mass is 413 g/mol. The van der Waals surface area contributed by atoms with Crippen LogP contribution in [0.15, 0.2) is 60.7 Å². The van der Waals surface area contributed by atoms with Gasteiger partial charge in [-0.25, -0.2) is 0 Å². The Morgan fingerprint density at radius 2 is 1.65 bits per heavy atom. The second-order valence-corrected chi connectivity index (χ2v) is 8.47. The molecule has 0 aliphatic carbocycles. The molecule has 5 heteroatoms. The Kier molecular flexibility index (Phi) is 5.20. The summed E-state index contributed by atoms with van der Waals surface area (Å²) in [5.41, 5.74) is 4.11. The lowest BCUT2D eigenvalue weighted by Crippen LogP contribution is -2.48. The van der Waals surface area contributed by atoms with Crippen molar-refractivity contribution in [3.05, 3.63) is 77.4 Å². The summed E-state index contributed by atoms with van der Waals surface area (Å²) in [6.07, 6.45) is 0.814. The summed E-state index contributed by atoms with van der Waals surface area (Å²) >= 11 is 0. The smallest absolute Gasteiger partial charge is 0.253 e. The predicted octanol–water partition coefficient (Wildman–Crippen LogP) is 3.71. The number of amides is 2. The van der Waals surface area contributed by atoms with Gasteiger partial charge in [0.25, 0.3) is 5.91 Å². The average Bonchev–Trinajstić information content (AvgIpc) is 3.23. The highest BCUT2D eigenvalue weighted by atomic mass is 16.2. The third-order valence-corrected chi connectivity index (χ3v) is 6.54. The number of rotatable bonds is 3. The minimum atomic E-state index is 0.0557. The summed E-state index contributed by atoms with van der Waals surface area (Å²) in [6, 6.07) is 20.8. The van der Waals surface area contributed by atoms with Crippen LogP contribution in [0.4, 0.5) is 5.69 Å². The molecule has 1 saturated heterocycles. The number of anilines is 1. The Bertz CT molecular complexity index is 1140. The molecular weight excluding hydrogens is 386 g/mol. The summed E-state index contributed by atoms with van der Waals surface area (Å²) in [5.74, 6) is 0.147. The van der Waals surface area contributed by atoms with E-state index in [4.69, 9.17) is 0 Å². The zero-order chi connectivity index (χ0) is 21.4. The predicted molar refractivity (Wildman–Crippen MR) is 123 cm³/mol. The molecule has 2 aliphatic rings. The molecule has 2 heterocycles. The van der Waals surface area contributed by atoms with Crippen LogP contribution in [0.5, 0.6) is 0 Å². The van der Waals surface area contributed by atoms with Crippen LogP contribution in [0, 0.1) is 0 Å². The average molecular weight is 414 g/mol. The highest BCUT2D eigenvalue weighted by Gasteiger charge is 2.26. The van der Waals surface area contributed by atoms with Gasteiger partial charge in [-0.05, 0) is 46.5 Å². The molecule has 5 rings (SSSR count). The van der Waals surface area contributed by atoms with Crippen molar-refractivity contribution >= 4 is 28.3 Å². The van der Waals surface area contributed by atoms with Gasteiger partial charge in [-0.15, -0.1) is 0 Å². The van der Waals surface area contributed by atoms with Crippen LogP contribution >= 0.6 is 0 Å². The molecule has 0 unspecified atom stereocenters. The van der Waals surface area contributed by atoms with E-state index in [1.54, 1.807) is 11.8 Å². The topological polar surface area (TPSA) is 43.9 Å². The molecular formula is C26H27N3O2. The number of carbonyl (C=O) groups is 2. The summed E-state index contributed by atoms with van der Waals surface area (Å²) in [7, 11) is 0. The minimum Gasteiger partial charge on any atom is -0.336 e. The fourth-order valence-corrected chi connectivity index (χ4v) is 4.82. The van der Waals surface area contributed by atoms with Crippen LogP contribution in [0.3, 0.4) is 0 Å². The lowest BCUT2D eigenvalue weighted by Gasteiger charge is -2.35. The number of benzene rings is 3. The van der Waals surface area contributed by atoms with E-state index < -0.39 is 0 Å². The molecule has 2 amide bonds. The van der Waals surface area contributed by atoms with Crippen LogP contribution in [-0.2, 0) is 17.8 Å². The van der Waals surface area contributed by atoms with Crippen LogP contribution in [0.2, 0.25) is 0 Å². The first kappa shape index (κ1) is 19.8.